The van der Waals surface area contributed by atoms with E-state index in [1.165, 1.54) is 218 Å². The molecule has 0 heterocycles. The molecule has 0 aliphatic heterocycles. The summed E-state index contributed by atoms with van der Waals surface area (Å²) >= 11 is 0. The van der Waals surface area contributed by atoms with Gasteiger partial charge in [-0.2, -0.15) is 0 Å². The van der Waals surface area contributed by atoms with Gasteiger partial charge in [-0.25, -0.2) is 0 Å². The Hall–Kier alpha value is -4.05. The summed E-state index contributed by atoms with van der Waals surface area (Å²) in [5, 5.41) is 11.9. The molecule has 0 bridgehead atoms. The van der Waals surface area contributed by atoms with Crippen molar-refractivity contribution < 1.29 is 42.9 Å². The lowest BCUT2D eigenvalue weighted by molar-refractivity contribution is -0.870. The number of carboxylic acid groups (broad SMARTS) is 1. The van der Waals surface area contributed by atoms with Crippen molar-refractivity contribution in [2.45, 2.75) is 360 Å². The Morgan fingerprint density at radius 3 is 0.925 bits per heavy atom. The van der Waals surface area contributed by atoms with Gasteiger partial charge in [0.15, 0.2) is 12.4 Å². The molecule has 93 heavy (non-hydrogen) atoms. The van der Waals surface area contributed by atoms with E-state index in [-0.39, 0.29) is 38.6 Å². The number of esters is 2. The van der Waals surface area contributed by atoms with E-state index < -0.39 is 24.3 Å². The second kappa shape index (κ2) is 73.8. The number of ether oxygens (including phenoxy) is 4. The van der Waals surface area contributed by atoms with Crippen LogP contribution in [0, 0.1) is 0 Å². The van der Waals surface area contributed by atoms with Crippen LogP contribution in [0.1, 0.15) is 348 Å². The maximum Gasteiger partial charge on any atom is 0.306 e. The average molecular weight is 1300 g/mol. The van der Waals surface area contributed by atoms with E-state index in [0.717, 1.165) is 96.3 Å². The number of hydrogen-bond donors (Lipinski definition) is 0. The third kappa shape index (κ3) is 75.2. The Morgan fingerprint density at radius 2 is 0.613 bits per heavy atom. The van der Waals surface area contributed by atoms with Crippen LogP contribution in [-0.2, 0) is 33.3 Å². The number of nitrogens with zero attached hydrogens (tertiary/aromatic N) is 1. The molecule has 0 saturated carbocycles. The monoisotopic (exact) mass is 1300 g/mol. The third-order valence-corrected chi connectivity index (χ3v) is 17.0. The fraction of sp³-hybridized carbons (Fsp3) is 0.750. The zero-order chi connectivity index (χ0) is 67.5. The van der Waals surface area contributed by atoms with E-state index in [4.69, 9.17) is 18.9 Å². The maximum atomic E-state index is 13.0. The minimum Gasteiger partial charge on any atom is -0.545 e. The van der Waals surface area contributed by atoms with Gasteiger partial charge in [0, 0.05) is 12.8 Å². The molecule has 0 spiro atoms. The topological polar surface area (TPSA) is 111 Å². The highest BCUT2D eigenvalue weighted by atomic mass is 16.7. The molecule has 0 aromatic heterocycles. The van der Waals surface area contributed by atoms with Crippen molar-refractivity contribution in [1.29, 1.82) is 0 Å². The quantitative estimate of drug-likeness (QED) is 0.0195. The highest BCUT2D eigenvalue weighted by Gasteiger charge is 2.22. The number of carboxylic acids is 1. The molecular formula is C84H147NO8. The Morgan fingerprint density at radius 1 is 0.333 bits per heavy atom. The number of carbonyl (C=O) groups excluding carboxylic acids is 3. The summed E-state index contributed by atoms with van der Waals surface area (Å²) in [6, 6.07) is 0. The largest absolute Gasteiger partial charge is 0.545 e. The lowest BCUT2D eigenvalue weighted by Crippen LogP contribution is -2.44. The average Bonchev–Trinajstić information content (AvgIpc) is 3.74. The smallest absolute Gasteiger partial charge is 0.306 e. The van der Waals surface area contributed by atoms with Gasteiger partial charge >= 0.3 is 11.9 Å². The van der Waals surface area contributed by atoms with Crippen molar-refractivity contribution >= 4 is 17.9 Å². The first-order valence-corrected chi connectivity index (χ1v) is 39.0. The van der Waals surface area contributed by atoms with E-state index in [2.05, 4.69) is 123 Å². The highest BCUT2D eigenvalue weighted by molar-refractivity contribution is 5.70. The molecule has 0 aromatic rings. The van der Waals surface area contributed by atoms with Gasteiger partial charge in [0.2, 0.25) is 0 Å². The molecule has 0 aliphatic rings. The van der Waals surface area contributed by atoms with Crippen LogP contribution in [0.2, 0.25) is 0 Å². The standard InChI is InChI=1S/C84H147NO8/c1-6-8-10-12-14-16-18-20-22-24-26-28-30-32-34-36-38-40-41-43-44-46-48-50-52-54-56-58-60-62-64-66-68-70-72-74-81(86)91-78-80(79-92-84(83(88)89)90-77-76-85(3,4)5)93-82(87)75-73-71-69-67-65-63-61-59-57-55-53-51-49-47-45-42-39-37-35-33-31-29-27-25-23-21-19-17-15-13-11-9-7-2/h9,11,15,17,21,23-24,26-27,29,33,35,39,42,47,49,53,55,80,84H,6-8,10,12-14,16,18-20,22,25,28,30-32,34,36-38,40-41,43-46,48,50-52,54,56-79H2,1-5H3/b11-9-,17-15-,23-21-,26-24-,29-27-,35-33-,42-39-,49-47-,55-53-. The van der Waals surface area contributed by atoms with Crippen LogP contribution in [0.3, 0.4) is 0 Å². The van der Waals surface area contributed by atoms with Crippen molar-refractivity contribution in [3.63, 3.8) is 0 Å². The Kier molecular flexibility index (Phi) is 70.5. The Bertz CT molecular complexity index is 1900. The van der Waals surface area contributed by atoms with Crippen molar-refractivity contribution in [3.05, 3.63) is 109 Å². The molecule has 2 unspecified atom stereocenters. The minimum atomic E-state index is -1.63. The molecule has 0 saturated heterocycles. The Balaban J connectivity index is 4.07. The molecule has 0 radical (unpaired) electrons. The normalized spacial score (nSPS) is 13.3. The second-order valence-electron chi connectivity index (χ2n) is 27.3. The van der Waals surface area contributed by atoms with E-state index in [9.17, 15) is 19.5 Å². The number of likely N-dealkylation sites (N-methyl/N-ethyl adjacent to an activating group) is 1. The SMILES string of the molecule is CC/C=C\C/C=C\C/C=C\C/C=C\C/C=C\C/C=C\C/C=C\C/C=C\CCCCCCCCCCC(=O)OC(COC(=O)CCCCCCCCCCCCCCCCCCCCCCCCC/C=C\CCCCCCCCCC)COC(OCC[N+](C)(C)C)C(=O)[O-]. The molecule has 536 valence electrons. The molecule has 9 heteroatoms. The molecule has 0 N–H and O–H groups in total. The number of rotatable bonds is 72. The number of aliphatic carboxylic acids is 1. The van der Waals surface area contributed by atoms with Crippen LogP contribution in [0.4, 0.5) is 0 Å². The van der Waals surface area contributed by atoms with Gasteiger partial charge in [-0.15, -0.1) is 0 Å². The molecule has 9 nitrogen and oxygen atoms in total. The van der Waals surface area contributed by atoms with Crippen molar-refractivity contribution in [2.24, 2.45) is 0 Å². The van der Waals surface area contributed by atoms with Crippen molar-refractivity contribution in [1.82, 2.24) is 0 Å². The van der Waals surface area contributed by atoms with Gasteiger partial charge in [0.05, 0.1) is 40.3 Å². The van der Waals surface area contributed by atoms with Gasteiger partial charge in [-0.3, -0.25) is 9.59 Å². The van der Waals surface area contributed by atoms with E-state index in [0.29, 0.717) is 17.4 Å². The minimum absolute atomic E-state index is 0.142. The number of unbranched alkanes of at least 4 members (excludes halogenated alkanes) is 39. The van der Waals surface area contributed by atoms with Gasteiger partial charge < -0.3 is 33.3 Å². The molecule has 2 atom stereocenters. The summed E-state index contributed by atoms with van der Waals surface area (Å²) in [5.41, 5.74) is 0. The van der Waals surface area contributed by atoms with E-state index >= 15 is 0 Å². The van der Waals surface area contributed by atoms with Crippen LogP contribution in [0.25, 0.3) is 0 Å². The van der Waals surface area contributed by atoms with Gasteiger partial charge in [-0.05, 0) is 103 Å². The fourth-order valence-electron chi connectivity index (χ4n) is 11.1. The van der Waals surface area contributed by atoms with Gasteiger partial charge in [0.1, 0.15) is 13.2 Å². The van der Waals surface area contributed by atoms with Crippen LogP contribution in [-0.4, -0.2) is 82.3 Å². The number of hydrogen-bond acceptors (Lipinski definition) is 8. The third-order valence-electron chi connectivity index (χ3n) is 17.0. The first-order valence-electron chi connectivity index (χ1n) is 39.0. The van der Waals surface area contributed by atoms with E-state index in [1.54, 1.807) is 0 Å². The summed E-state index contributed by atoms with van der Waals surface area (Å²) in [7, 11) is 5.93. The van der Waals surface area contributed by atoms with Gasteiger partial charge in [0.25, 0.3) is 0 Å². The number of allylic oxidation sites excluding steroid dienone is 18. The molecule has 0 rings (SSSR count). The molecule has 0 aliphatic carbocycles. The molecule has 0 fully saturated rings. The number of quaternary nitrogens is 1. The summed E-state index contributed by atoms with van der Waals surface area (Å²) in [6.45, 7) is 4.66. The summed E-state index contributed by atoms with van der Waals surface area (Å²) in [4.78, 5) is 37.6. The Labute approximate surface area is 575 Å². The van der Waals surface area contributed by atoms with Crippen LogP contribution < -0.4 is 5.11 Å². The lowest BCUT2D eigenvalue weighted by atomic mass is 10.0. The van der Waals surface area contributed by atoms with Crippen molar-refractivity contribution in [2.75, 3.05) is 47.5 Å². The summed E-state index contributed by atoms with van der Waals surface area (Å²) in [6.07, 6.45) is 101. The zero-order valence-corrected chi connectivity index (χ0v) is 61.4. The summed E-state index contributed by atoms with van der Waals surface area (Å²) < 4.78 is 22.8. The summed E-state index contributed by atoms with van der Waals surface area (Å²) in [5.74, 6) is -2.28. The second-order valence-corrected chi connectivity index (χ2v) is 27.3. The first-order chi connectivity index (χ1) is 45.6. The zero-order valence-electron chi connectivity index (χ0n) is 61.4. The molecule has 0 aromatic carbocycles. The predicted octanol–water partition coefficient (Wildman–Crippen LogP) is 23.6. The predicted molar refractivity (Wildman–Crippen MR) is 398 cm³/mol. The lowest BCUT2D eigenvalue weighted by Gasteiger charge is -2.26. The van der Waals surface area contributed by atoms with Gasteiger partial charge in [-0.1, -0.05) is 342 Å². The van der Waals surface area contributed by atoms with Crippen LogP contribution in [0.5, 0.6) is 0 Å². The maximum absolute atomic E-state index is 13.0. The fourth-order valence-corrected chi connectivity index (χ4v) is 11.1. The van der Waals surface area contributed by atoms with E-state index in [1.807, 2.05) is 21.1 Å². The highest BCUT2D eigenvalue weighted by Crippen LogP contribution is 2.18. The van der Waals surface area contributed by atoms with Crippen LogP contribution >= 0.6 is 0 Å². The first kappa shape index (κ1) is 89.0. The number of carbonyl (C=O) groups is 3. The molecule has 0 amide bonds. The van der Waals surface area contributed by atoms with Crippen molar-refractivity contribution in [3.8, 4) is 0 Å². The van der Waals surface area contributed by atoms with Crippen LogP contribution in [0.15, 0.2) is 109 Å². The molecular weight excluding hydrogens is 1150 g/mol.